The minimum absolute atomic E-state index is 0.0236. The number of amides is 3. The standard InChI is InChI=1S/C37H43ClN4O5/c38-32-19-16-28(17-20-32)18-21-33(43)41-24-22-37(23-25-41,31-14-8-3-9-15-31)42(36(45)47-27-30-12-6-2-7-13-30)34(39)40-35(44)46-26-29-10-4-1-5-11-29/h1-2,4-7,10-13,16-17,19-20,31H,3,8-9,14-15,18,21-27H2,(H2,39,40,44). The van der Waals surface area contributed by atoms with Crippen molar-refractivity contribution in [3.63, 3.8) is 0 Å². The van der Waals surface area contributed by atoms with Crippen molar-refractivity contribution < 1.29 is 23.9 Å². The summed E-state index contributed by atoms with van der Waals surface area (Å²) in [7, 11) is 0. The largest absolute Gasteiger partial charge is 0.444 e. The second-order valence-electron chi connectivity index (χ2n) is 12.3. The van der Waals surface area contributed by atoms with Gasteiger partial charge in [0.2, 0.25) is 11.9 Å². The Kier molecular flexibility index (Phi) is 11.9. The number of ether oxygens (including phenoxy) is 2. The van der Waals surface area contributed by atoms with E-state index in [0.717, 1.165) is 48.8 Å². The second-order valence-corrected chi connectivity index (χ2v) is 12.8. The van der Waals surface area contributed by atoms with Crippen molar-refractivity contribution in [3.05, 3.63) is 107 Å². The first-order chi connectivity index (χ1) is 22.8. The van der Waals surface area contributed by atoms with Gasteiger partial charge >= 0.3 is 12.2 Å². The molecule has 2 aliphatic rings. The third-order valence-electron chi connectivity index (χ3n) is 9.36. The van der Waals surface area contributed by atoms with Crippen LogP contribution in [0.2, 0.25) is 5.02 Å². The zero-order valence-corrected chi connectivity index (χ0v) is 27.4. The SMILES string of the molecule is NC(=NC(=O)OCc1ccccc1)N(C(=O)OCc1ccccc1)C1(C2CCCCC2)CCN(C(=O)CCc2ccc(Cl)cc2)CC1. The lowest BCUT2D eigenvalue weighted by atomic mass is 9.68. The minimum atomic E-state index is -0.888. The summed E-state index contributed by atoms with van der Waals surface area (Å²) in [6.45, 7) is 0.960. The summed E-state index contributed by atoms with van der Waals surface area (Å²) in [5, 5.41) is 0.661. The van der Waals surface area contributed by atoms with E-state index in [9.17, 15) is 14.4 Å². The summed E-state index contributed by atoms with van der Waals surface area (Å²) in [5.74, 6) is -0.100. The molecular weight excluding hydrogens is 616 g/mol. The molecule has 1 saturated carbocycles. The molecule has 0 spiro atoms. The average Bonchev–Trinajstić information content (AvgIpc) is 3.11. The smallest absolute Gasteiger partial charge is 0.437 e. The van der Waals surface area contributed by atoms with Gasteiger partial charge in [0.25, 0.3) is 0 Å². The molecule has 3 aromatic rings. The molecule has 0 radical (unpaired) electrons. The summed E-state index contributed by atoms with van der Waals surface area (Å²) >= 11 is 6.02. The lowest BCUT2D eigenvalue weighted by Gasteiger charge is -2.52. The Labute approximate surface area is 281 Å². The van der Waals surface area contributed by atoms with Crippen molar-refractivity contribution in [3.8, 4) is 0 Å². The van der Waals surface area contributed by atoms with Crippen molar-refractivity contribution in [1.29, 1.82) is 0 Å². The molecule has 10 heteroatoms. The van der Waals surface area contributed by atoms with Gasteiger partial charge in [-0.05, 0) is 66.8 Å². The third-order valence-corrected chi connectivity index (χ3v) is 9.61. The molecule has 5 rings (SSSR count). The Hall–Kier alpha value is -4.37. The lowest BCUT2D eigenvalue weighted by molar-refractivity contribution is -0.134. The first-order valence-electron chi connectivity index (χ1n) is 16.4. The number of nitrogens with two attached hydrogens (primary N) is 1. The van der Waals surface area contributed by atoms with E-state index >= 15 is 0 Å². The molecule has 1 aliphatic carbocycles. The number of halogens is 1. The van der Waals surface area contributed by atoms with E-state index < -0.39 is 17.7 Å². The van der Waals surface area contributed by atoms with E-state index in [4.69, 9.17) is 26.8 Å². The van der Waals surface area contributed by atoms with Crippen molar-refractivity contribution in [1.82, 2.24) is 9.80 Å². The number of nitrogens with zero attached hydrogens (tertiary/aromatic N) is 3. The number of aryl methyl sites for hydroxylation is 1. The van der Waals surface area contributed by atoms with E-state index in [2.05, 4.69) is 4.99 Å². The fraction of sp³-hybridized carbons (Fsp3) is 0.405. The molecule has 2 fully saturated rings. The number of hydrogen-bond acceptors (Lipinski definition) is 5. The van der Waals surface area contributed by atoms with Crippen molar-refractivity contribution in [2.24, 2.45) is 16.6 Å². The number of carbonyl (C=O) groups is 3. The number of guanidine groups is 1. The van der Waals surface area contributed by atoms with Crippen LogP contribution in [0.1, 0.15) is 68.1 Å². The molecule has 1 heterocycles. The van der Waals surface area contributed by atoms with Crippen LogP contribution in [0, 0.1) is 5.92 Å². The van der Waals surface area contributed by atoms with Gasteiger partial charge < -0.3 is 20.1 Å². The highest BCUT2D eigenvalue weighted by atomic mass is 35.5. The number of aliphatic imine (C=N–C) groups is 1. The van der Waals surface area contributed by atoms with E-state index in [1.807, 2.05) is 89.8 Å². The van der Waals surface area contributed by atoms with Crippen LogP contribution in [0.3, 0.4) is 0 Å². The second kappa shape index (κ2) is 16.5. The van der Waals surface area contributed by atoms with Gasteiger partial charge in [0.15, 0.2) is 0 Å². The maximum atomic E-state index is 14.1. The van der Waals surface area contributed by atoms with E-state index in [1.54, 1.807) is 0 Å². The highest BCUT2D eigenvalue weighted by molar-refractivity contribution is 6.30. The fourth-order valence-electron chi connectivity index (χ4n) is 6.84. The monoisotopic (exact) mass is 658 g/mol. The van der Waals surface area contributed by atoms with E-state index in [-0.39, 0.29) is 31.0 Å². The van der Waals surface area contributed by atoms with Crippen molar-refractivity contribution >= 4 is 35.7 Å². The number of carbonyl (C=O) groups excluding carboxylic acids is 3. The van der Waals surface area contributed by atoms with Crippen LogP contribution in [0.4, 0.5) is 9.59 Å². The van der Waals surface area contributed by atoms with Crippen LogP contribution < -0.4 is 5.73 Å². The van der Waals surface area contributed by atoms with E-state index in [1.165, 1.54) is 4.90 Å². The van der Waals surface area contributed by atoms with Crippen molar-refractivity contribution in [2.75, 3.05) is 13.1 Å². The van der Waals surface area contributed by atoms with Crippen LogP contribution in [0.15, 0.2) is 89.9 Å². The molecule has 1 aliphatic heterocycles. The third kappa shape index (κ3) is 9.13. The first kappa shape index (κ1) is 34.0. The Morgan fingerprint density at radius 1 is 0.809 bits per heavy atom. The molecule has 0 aromatic heterocycles. The fourth-order valence-corrected chi connectivity index (χ4v) is 6.97. The number of piperidine rings is 1. The highest BCUT2D eigenvalue weighted by Gasteiger charge is 2.51. The first-order valence-corrected chi connectivity index (χ1v) is 16.8. The van der Waals surface area contributed by atoms with Crippen LogP contribution in [0.5, 0.6) is 0 Å². The predicted octanol–water partition coefficient (Wildman–Crippen LogP) is 7.50. The van der Waals surface area contributed by atoms with Crippen LogP contribution in [-0.4, -0.2) is 52.5 Å². The average molecular weight is 659 g/mol. The van der Waals surface area contributed by atoms with Crippen LogP contribution in [-0.2, 0) is 33.9 Å². The van der Waals surface area contributed by atoms with Gasteiger partial charge in [-0.25, -0.2) is 14.5 Å². The quantitative estimate of drug-likeness (QED) is 0.188. The Morgan fingerprint density at radius 2 is 1.38 bits per heavy atom. The van der Waals surface area contributed by atoms with Gasteiger partial charge in [-0.15, -0.1) is 4.99 Å². The summed E-state index contributed by atoms with van der Waals surface area (Å²) in [6.07, 6.45) is 5.38. The van der Waals surface area contributed by atoms with Gasteiger partial charge in [-0.3, -0.25) is 4.79 Å². The lowest BCUT2D eigenvalue weighted by Crippen LogP contribution is -2.65. The molecule has 248 valence electrons. The Bertz CT molecular complexity index is 1500. The molecular formula is C37H43ClN4O5. The van der Waals surface area contributed by atoms with Gasteiger partial charge in [0.1, 0.15) is 13.2 Å². The number of benzene rings is 3. The topological polar surface area (TPSA) is 115 Å². The van der Waals surface area contributed by atoms with Gasteiger partial charge in [0.05, 0.1) is 5.54 Å². The summed E-state index contributed by atoms with van der Waals surface area (Å²) in [5.41, 5.74) is 8.48. The summed E-state index contributed by atoms with van der Waals surface area (Å²) in [6, 6.07) is 26.2. The maximum Gasteiger partial charge on any atom is 0.437 e. The molecule has 0 atom stereocenters. The van der Waals surface area contributed by atoms with Crippen LogP contribution >= 0.6 is 11.6 Å². The number of rotatable bonds is 9. The molecule has 1 saturated heterocycles. The summed E-state index contributed by atoms with van der Waals surface area (Å²) in [4.78, 5) is 47.7. The van der Waals surface area contributed by atoms with Crippen molar-refractivity contribution in [2.45, 2.75) is 76.5 Å². The normalized spacial score (nSPS) is 16.7. The molecule has 3 amide bonds. The Morgan fingerprint density at radius 3 is 1.98 bits per heavy atom. The molecule has 3 aromatic carbocycles. The Balaban J connectivity index is 1.37. The molecule has 9 nitrogen and oxygen atoms in total. The zero-order valence-electron chi connectivity index (χ0n) is 26.7. The van der Waals surface area contributed by atoms with Gasteiger partial charge in [-0.2, -0.15) is 0 Å². The molecule has 0 bridgehead atoms. The number of hydrogen-bond donors (Lipinski definition) is 1. The highest BCUT2D eigenvalue weighted by Crippen LogP contribution is 2.44. The number of likely N-dealkylation sites (tertiary alicyclic amines) is 1. The zero-order chi connectivity index (χ0) is 33.1. The summed E-state index contributed by atoms with van der Waals surface area (Å²) < 4.78 is 11.2. The maximum absolute atomic E-state index is 14.1. The van der Waals surface area contributed by atoms with Gasteiger partial charge in [0, 0.05) is 24.5 Å². The molecule has 47 heavy (non-hydrogen) atoms. The van der Waals surface area contributed by atoms with Gasteiger partial charge in [-0.1, -0.05) is 104 Å². The van der Waals surface area contributed by atoms with E-state index in [0.29, 0.717) is 43.8 Å². The minimum Gasteiger partial charge on any atom is -0.444 e. The van der Waals surface area contributed by atoms with Crippen LogP contribution in [0.25, 0.3) is 0 Å². The predicted molar refractivity (Wildman–Crippen MR) is 182 cm³/mol. The molecule has 2 N–H and O–H groups in total. The molecule has 0 unspecified atom stereocenters.